The van der Waals surface area contributed by atoms with E-state index in [1.807, 2.05) is 81.7 Å². The zero-order valence-corrected chi connectivity index (χ0v) is 42.0. The normalized spacial score (nSPS) is 19.6. The van der Waals surface area contributed by atoms with E-state index in [0.29, 0.717) is 36.9 Å². The van der Waals surface area contributed by atoms with Gasteiger partial charge >= 0.3 is 0 Å². The predicted molar refractivity (Wildman–Crippen MR) is 265 cm³/mol. The molecule has 0 aliphatic carbocycles. The summed E-state index contributed by atoms with van der Waals surface area (Å²) in [5.74, 6) is 0.458. The maximum absolute atomic E-state index is 14.2. The number of likely N-dealkylation sites (tertiary alicyclic amines) is 2. The van der Waals surface area contributed by atoms with Crippen LogP contribution in [0.2, 0.25) is 5.02 Å². The molecule has 0 bridgehead atoms. The zero-order valence-electron chi connectivity index (χ0n) is 39.6. The Kier molecular flexibility index (Phi) is 14.4. The molecule has 3 aliphatic heterocycles. The third-order valence-corrected chi connectivity index (χ3v) is 15.8. The van der Waals surface area contributed by atoms with Gasteiger partial charge in [0.15, 0.2) is 11.6 Å². The van der Waals surface area contributed by atoms with Crippen molar-refractivity contribution < 1.29 is 28.8 Å². The van der Waals surface area contributed by atoms with E-state index in [9.17, 15) is 19.5 Å². The summed E-state index contributed by atoms with van der Waals surface area (Å²) >= 11 is 9.56. The molecule has 5 atom stereocenters. The van der Waals surface area contributed by atoms with Crippen LogP contribution >= 0.6 is 34.3 Å². The number of nitrogens with zero attached hydrogens (tertiary/aromatic N) is 8. The van der Waals surface area contributed by atoms with Gasteiger partial charge in [0.25, 0.3) is 5.88 Å². The van der Waals surface area contributed by atoms with Crippen LogP contribution < -0.4 is 15.4 Å². The number of ether oxygens (including phenoxy) is 1. The number of β-amino-alcohol motifs (C(OH)–C–C–N with tert-alkyl or cyclic N) is 1. The number of rotatable bonds is 16. The monoisotopic (exact) mass is 992 g/mol. The lowest BCUT2D eigenvalue weighted by atomic mass is 9.91. The summed E-state index contributed by atoms with van der Waals surface area (Å²) in [6.45, 7) is 14.7. The maximum Gasteiger partial charge on any atom is 0.254 e. The Labute approximate surface area is 414 Å². The molecule has 19 heteroatoms. The summed E-state index contributed by atoms with van der Waals surface area (Å²) < 4.78 is 13.8. The number of thiazole rings is 1. The number of aromatic nitrogens is 5. The van der Waals surface area contributed by atoms with Gasteiger partial charge in [-0.15, -0.1) is 32.9 Å². The molecule has 2 aromatic carbocycles. The minimum absolute atomic E-state index is 0.0137. The Morgan fingerprint density at radius 3 is 2.52 bits per heavy atom. The zero-order chi connectivity index (χ0) is 48.5. The number of aliphatic hydroxyl groups is 1. The first-order chi connectivity index (χ1) is 33.2. The van der Waals surface area contributed by atoms with Gasteiger partial charge in [-0.05, 0) is 80.4 Å². The summed E-state index contributed by atoms with van der Waals surface area (Å²) in [7, 11) is 0. The van der Waals surface area contributed by atoms with E-state index in [-0.39, 0.29) is 67.5 Å². The SMILES string of the molecule is Cc1ncsc1-c1ccc(CNC(=O)[C@@H]2C[C@@H](O)CN2C(=O)[C@H](c2cc(OCCN3CC[C@@H](NC(=O)CC[C@@H]4N=C(c5ccc(Cl)cc5)c5c(sc(C)c5C)-n5c(C)nnc54)C3)no2)C(C)C)cc1. The highest BCUT2D eigenvalue weighted by molar-refractivity contribution is 7.15. The fourth-order valence-electron chi connectivity index (χ4n) is 9.56. The van der Waals surface area contributed by atoms with Crippen molar-refractivity contribution in [3.8, 4) is 21.3 Å². The van der Waals surface area contributed by atoms with Gasteiger partial charge < -0.3 is 29.9 Å². The molecule has 0 spiro atoms. The van der Waals surface area contributed by atoms with Gasteiger partial charge in [-0.1, -0.05) is 61.8 Å². The Balaban J connectivity index is 0.757. The lowest BCUT2D eigenvalue weighted by Crippen LogP contribution is -2.48. The Morgan fingerprint density at radius 1 is 1.01 bits per heavy atom. The number of carbonyl (C=O) groups excluding carboxylic acids is 3. The Hall–Kier alpha value is -5.79. The summed E-state index contributed by atoms with van der Waals surface area (Å²) in [6.07, 6.45) is 0.838. The Morgan fingerprint density at radius 2 is 1.78 bits per heavy atom. The lowest BCUT2D eigenvalue weighted by molar-refractivity contribution is -0.141. The molecule has 16 nitrogen and oxygen atoms in total. The summed E-state index contributed by atoms with van der Waals surface area (Å²) in [5, 5.41) is 31.7. The molecule has 3 amide bonds. The number of aliphatic imine (C=N–C) groups is 1. The number of carbonyl (C=O) groups is 3. The molecule has 0 radical (unpaired) electrons. The summed E-state index contributed by atoms with van der Waals surface area (Å²) in [6, 6.07) is 16.1. The molecule has 6 aromatic rings. The topological polar surface area (TPSA) is 193 Å². The largest absolute Gasteiger partial charge is 0.474 e. The van der Waals surface area contributed by atoms with E-state index in [1.54, 1.807) is 28.7 Å². The van der Waals surface area contributed by atoms with Crippen LogP contribution in [0.4, 0.5) is 0 Å². The molecule has 2 saturated heterocycles. The van der Waals surface area contributed by atoms with E-state index < -0.39 is 18.1 Å². The van der Waals surface area contributed by atoms with Gasteiger partial charge in [0, 0.05) is 78.7 Å². The van der Waals surface area contributed by atoms with Crippen LogP contribution in [0.1, 0.15) is 102 Å². The highest BCUT2D eigenvalue weighted by Crippen LogP contribution is 2.40. The number of aliphatic hydroxyl groups excluding tert-OH is 1. The van der Waals surface area contributed by atoms with Crippen LogP contribution in [0.25, 0.3) is 15.4 Å². The third kappa shape index (κ3) is 10.4. The average molecular weight is 994 g/mol. The van der Waals surface area contributed by atoms with Gasteiger partial charge in [0.1, 0.15) is 35.4 Å². The standard InChI is InChI=1S/C50H57ClN10O6S2/c1-27(2)43(49(65)60-25-37(62)21-39(60)48(64)52-23-32-7-9-34(10-8-32)46-29(4)53-26-68-46)40-22-42(58-67-40)66-20-19-59-18-17-36(24-59)54-41(63)16-15-38-47-57-56-31(6)61(47)50-44(28(3)30(5)69-50)45(55-38)33-11-13-35(51)14-12-33/h7-14,22,26-27,36-39,43,62H,15-21,23-25H2,1-6H3,(H,52,64)(H,54,63)/t36-,37-,38+,39+,43+/m1/s1. The third-order valence-electron chi connectivity index (χ3n) is 13.3. The lowest BCUT2D eigenvalue weighted by Gasteiger charge is -2.28. The highest BCUT2D eigenvalue weighted by atomic mass is 35.5. The summed E-state index contributed by atoms with van der Waals surface area (Å²) in [5.41, 5.74) is 8.80. The number of benzene rings is 2. The molecule has 362 valence electrons. The van der Waals surface area contributed by atoms with Crippen molar-refractivity contribution in [2.45, 2.75) is 104 Å². The molecule has 3 aliphatic rings. The molecule has 4 aromatic heterocycles. The first-order valence-corrected chi connectivity index (χ1v) is 25.5. The Bertz CT molecular complexity index is 2850. The van der Waals surface area contributed by atoms with Crippen molar-refractivity contribution in [1.29, 1.82) is 0 Å². The molecule has 9 rings (SSSR count). The number of fused-ring (bicyclic) bond motifs is 3. The second-order valence-corrected chi connectivity index (χ2v) is 21.0. The van der Waals surface area contributed by atoms with Crippen LogP contribution in [0.15, 0.2) is 69.6 Å². The second-order valence-electron chi connectivity index (χ2n) is 18.5. The van der Waals surface area contributed by atoms with Crippen LogP contribution in [0.5, 0.6) is 5.88 Å². The van der Waals surface area contributed by atoms with Crippen molar-refractivity contribution in [2.24, 2.45) is 10.9 Å². The number of halogens is 1. The van der Waals surface area contributed by atoms with Crippen molar-refractivity contribution in [2.75, 3.05) is 32.8 Å². The highest BCUT2D eigenvalue weighted by Gasteiger charge is 2.43. The van der Waals surface area contributed by atoms with Gasteiger partial charge in [-0.3, -0.25) is 28.8 Å². The molecule has 69 heavy (non-hydrogen) atoms. The fourth-order valence-corrected chi connectivity index (χ4v) is 11.7. The van der Waals surface area contributed by atoms with Crippen molar-refractivity contribution in [1.82, 2.24) is 45.3 Å². The van der Waals surface area contributed by atoms with Crippen LogP contribution in [-0.2, 0) is 20.9 Å². The minimum Gasteiger partial charge on any atom is -0.474 e. The van der Waals surface area contributed by atoms with Gasteiger partial charge in [-0.25, -0.2) is 4.98 Å². The van der Waals surface area contributed by atoms with E-state index >= 15 is 0 Å². The summed E-state index contributed by atoms with van der Waals surface area (Å²) in [4.78, 5) is 56.8. The number of hydrogen-bond acceptors (Lipinski definition) is 14. The smallest absolute Gasteiger partial charge is 0.254 e. The minimum atomic E-state index is -0.833. The van der Waals surface area contributed by atoms with Gasteiger partial charge in [0.2, 0.25) is 17.7 Å². The van der Waals surface area contributed by atoms with E-state index in [1.165, 1.54) is 9.78 Å². The first-order valence-electron chi connectivity index (χ1n) is 23.5. The second kappa shape index (κ2) is 20.7. The van der Waals surface area contributed by atoms with Gasteiger partial charge in [0.05, 0.1) is 27.9 Å². The van der Waals surface area contributed by atoms with Crippen LogP contribution in [0, 0.1) is 33.6 Å². The number of thiophene rings is 1. The van der Waals surface area contributed by atoms with E-state index in [0.717, 1.165) is 73.7 Å². The quantitative estimate of drug-likeness (QED) is 0.0882. The van der Waals surface area contributed by atoms with Crippen LogP contribution in [0.3, 0.4) is 0 Å². The van der Waals surface area contributed by atoms with E-state index in [2.05, 4.69) is 54.3 Å². The molecular formula is C50H57ClN10O6S2. The van der Waals surface area contributed by atoms with Crippen molar-refractivity contribution in [3.63, 3.8) is 0 Å². The number of hydrogen-bond donors (Lipinski definition) is 3. The number of aryl methyl sites for hydroxylation is 3. The average Bonchev–Trinajstić information content (AvgIpc) is 4.21. The van der Waals surface area contributed by atoms with Gasteiger partial charge in [-0.2, -0.15) is 0 Å². The van der Waals surface area contributed by atoms with Crippen LogP contribution in [-0.4, -0.2) is 114 Å². The number of amides is 3. The van der Waals surface area contributed by atoms with Crippen molar-refractivity contribution >= 4 is 57.7 Å². The molecule has 2 fully saturated rings. The number of nitrogens with one attached hydrogen (secondary N) is 2. The van der Waals surface area contributed by atoms with E-state index in [4.69, 9.17) is 25.9 Å². The predicted octanol–water partition coefficient (Wildman–Crippen LogP) is 7.29. The fraction of sp³-hybridized carbons (Fsp3) is 0.440. The molecule has 0 unspecified atom stereocenters. The maximum atomic E-state index is 14.2. The molecule has 3 N–H and O–H groups in total. The first kappa shape index (κ1) is 48.2. The molecule has 7 heterocycles. The van der Waals surface area contributed by atoms with Crippen molar-refractivity contribution in [3.05, 3.63) is 115 Å². The molecular weight excluding hydrogens is 936 g/mol. The molecule has 0 saturated carbocycles.